The Morgan fingerprint density at radius 3 is 2.85 bits per heavy atom. The second-order valence-corrected chi connectivity index (χ2v) is 6.54. The second-order valence-electron chi connectivity index (χ2n) is 5.19. The van der Waals surface area contributed by atoms with E-state index in [1.165, 1.54) is 0 Å². The normalized spacial score (nSPS) is 20.4. The van der Waals surface area contributed by atoms with E-state index in [1.807, 2.05) is 30.0 Å². The van der Waals surface area contributed by atoms with E-state index in [1.54, 1.807) is 0 Å². The number of benzene rings is 1. The molecular weight excluding hydrogens is 268 g/mol. The Kier molecular flexibility index (Phi) is 6.25. The van der Waals surface area contributed by atoms with Crippen LogP contribution in [0, 0.1) is 5.92 Å². The van der Waals surface area contributed by atoms with Gasteiger partial charge in [0.1, 0.15) is 0 Å². The number of carbonyl (C=O) groups is 1. The van der Waals surface area contributed by atoms with Crippen LogP contribution in [0.3, 0.4) is 0 Å². The summed E-state index contributed by atoms with van der Waals surface area (Å²) >= 11 is 1.91. The van der Waals surface area contributed by atoms with Gasteiger partial charge in [-0.15, -0.1) is 0 Å². The Balaban J connectivity index is 1.53. The molecule has 1 aromatic carbocycles. The lowest BCUT2D eigenvalue weighted by molar-refractivity contribution is -0.122. The molecule has 0 spiro atoms. The standard InChI is InChI=1S/C16H24N2OS/c1-2-3-9-18-16(19)14-12-15(14)20-11-10-17-13-7-5-4-6-8-13/h4-8,14-15,17H,2-3,9-12H2,1H3,(H,18,19)/t14-,15-/m0/s1. The van der Waals surface area contributed by atoms with Gasteiger partial charge in [-0.3, -0.25) is 4.79 Å². The molecule has 1 aliphatic carbocycles. The first-order valence-corrected chi connectivity index (χ1v) is 8.54. The largest absolute Gasteiger partial charge is 0.384 e. The van der Waals surface area contributed by atoms with E-state index in [9.17, 15) is 4.79 Å². The van der Waals surface area contributed by atoms with Gasteiger partial charge in [-0.25, -0.2) is 0 Å². The van der Waals surface area contributed by atoms with E-state index >= 15 is 0 Å². The van der Waals surface area contributed by atoms with Crippen LogP contribution in [0.4, 0.5) is 5.69 Å². The highest BCUT2D eigenvalue weighted by molar-refractivity contribution is 8.00. The van der Waals surface area contributed by atoms with Crippen LogP contribution >= 0.6 is 11.8 Å². The van der Waals surface area contributed by atoms with Gasteiger partial charge in [-0.2, -0.15) is 11.8 Å². The predicted octanol–water partition coefficient (Wildman–Crippen LogP) is 3.14. The molecule has 0 aliphatic heterocycles. The van der Waals surface area contributed by atoms with Gasteiger partial charge in [-0.1, -0.05) is 31.5 Å². The number of nitrogens with one attached hydrogen (secondary N) is 2. The van der Waals surface area contributed by atoms with Crippen molar-refractivity contribution in [2.24, 2.45) is 5.92 Å². The molecule has 1 aromatic rings. The molecule has 1 aliphatic rings. The maximum atomic E-state index is 11.8. The van der Waals surface area contributed by atoms with Crippen molar-refractivity contribution in [3.05, 3.63) is 30.3 Å². The zero-order valence-electron chi connectivity index (χ0n) is 12.1. The molecule has 0 aromatic heterocycles. The van der Waals surface area contributed by atoms with Crippen molar-refractivity contribution in [2.75, 3.05) is 24.2 Å². The Bertz CT molecular complexity index is 410. The molecule has 1 amide bonds. The molecule has 0 saturated heterocycles. The number of unbranched alkanes of at least 4 members (excludes halogenated alkanes) is 1. The number of hydrogen-bond donors (Lipinski definition) is 2. The van der Waals surface area contributed by atoms with Gasteiger partial charge in [0.05, 0.1) is 5.92 Å². The lowest BCUT2D eigenvalue weighted by atomic mass is 10.3. The summed E-state index contributed by atoms with van der Waals surface area (Å²) in [5, 5.41) is 6.95. The third kappa shape index (κ3) is 5.08. The third-order valence-corrected chi connectivity index (χ3v) is 4.82. The van der Waals surface area contributed by atoms with Crippen LogP contribution in [-0.4, -0.2) is 30.0 Å². The Labute approximate surface area is 125 Å². The average Bonchev–Trinajstić information content (AvgIpc) is 3.25. The molecular formula is C16H24N2OS. The number of para-hydroxylation sites is 1. The second kappa shape index (κ2) is 8.20. The van der Waals surface area contributed by atoms with Gasteiger partial charge in [-0.05, 0) is 25.0 Å². The van der Waals surface area contributed by atoms with Gasteiger partial charge in [0.25, 0.3) is 0 Å². The molecule has 4 heteroatoms. The fourth-order valence-corrected chi connectivity index (χ4v) is 3.33. The molecule has 0 heterocycles. The van der Waals surface area contributed by atoms with Gasteiger partial charge in [0, 0.05) is 29.8 Å². The lowest BCUT2D eigenvalue weighted by Crippen LogP contribution is -2.26. The highest BCUT2D eigenvalue weighted by Crippen LogP contribution is 2.41. The summed E-state index contributed by atoms with van der Waals surface area (Å²) in [5.74, 6) is 1.57. The van der Waals surface area contributed by atoms with E-state index in [2.05, 4.69) is 29.7 Å². The van der Waals surface area contributed by atoms with Crippen molar-refractivity contribution in [1.29, 1.82) is 0 Å². The molecule has 2 atom stereocenters. The topological polar surface area (TPSA) is 41.1 Å². The van der Waals surface area contributed by atoms with Crippen molar-refractivity contribution in [3.63, 3.8) is 0 Å². The Morgan fingerprint density at radius 2 is 2.10 bits per heavy atom. The summed E-state index contributed by atoms with van der Waals surface area (Å²) in [6, 6.07) is 10.2. The zero-order valence-corrected chi connectivity index (χ0v) is 12.9. The SMILES string of the molecule is CCCCNC(=O)[C@H]1C[C@@H]1SCCNc1ccccc1. The van der Waals surface area contributed by atoms with E-state index in [-0.39, 0.29) is 11.8 Å². The summed E-state index contributed by atoms with van der Waals surface area (Å²) in [6.45, 7) is 3.93. The molecule has 2 N–H and O–H groups in total. The highest BCUT2D eigenvalue weighted by Gasteiger charge is 2.42. The monoisotopic (exact) mass is 292 g/mol. The smallest absolute Gasteiger partial charge is 0.224 e. The predicted molar refractivity (Wildman–Crippen MR) is 87.2 cm³/mol. The van der Waals surface area contributed by atoms with Crippen LogP contribution in [0.15, 0.2) is 30.3 Å². The summed E-state index contributed by atoms with van der Waals surface area (Å²) in [6.07, 6.45) is 3.26. The minimum absolute atomic E-state index is 0.256. The summed E-state index contributed by atoms with van der Waals surface area (Å²) in [4.78, 5) is 11.8. The molecule has 20 heavy (non-hydrogen) atoms. The van der Waals surface area contributed by atoms with Gasteiger partial charge < -0.3 is 10.6 Å². The minimum Gasteiger partial charge on any atom is -0.384 e. The van der Waals surface area contributed by atoms with Crippen LogP contribution in [0.25, 0.3) is 0 Å². The van der Waals surface area contributed by atoms with Crippen molar-refractivity contribution in [1.82, 2.24) is 5.32 Å². The maximum Gasteiger partial charge on any atom is 0.224 e. The number of hydrogen-bond acceptors (Lipinski definition) is 3. The van der Waals surface area contributed by atoms with Gasteiger partial charge >= 0.3 is 0 Å². The van der Waals surface area contributed by atoms with Crippen molar-refractivity contribution in [3.8, 4) is 0 Å². The fourth-order valence-electron chi connectivity index (χ4n) is 2.11. The molecule has 0 radical (unpaired) electrons. The number of carbonyl (C=O) groups excluding carboxylic acids is 1. The van der Waals surface area contributed by atoms with Crippen molar-refractivity contribution < 1.29 is 4.79 Å². The number of amides is 1. The van der Waals surface area contributed by atoms with Crippen LogP contribution in [-0.2, 0) is 4.79 Å². The first-order chi connectivity index (χ1) is 9.81. The molecule has 0 unspecified atom stereocenters. The summed E-state index contributed by atoms with van der Waals surface area (Å²) < 4.78 is 0. The number of anilines is 1. The molecule has 1 saturated carbocycles. The van der Waals surface area contributed by atoms with Crippen molar-refractivity contribution in [2.45, 2.75) is 31.4 Å². The van der Waals surface area contributed by atoms with Crippen LogP contribution in [0.1, 0.15) is 26.2 Å². The summed E-state index contributed by atoms with van der Waals surface area (Å²) in [5.41, 5.74) is 1.16. The Hall–Kier alpha value is -1.16. The van der Waals surface area contributed by atoms with E-state index < -0.39 is 0 Å². The van der Waals surface area contributed by atoms with Crippen LogP contribution in [0.2, 0.25) is 0 Å². The number of thioether (sulfide) groups is 1. The molecule has 0 bridgehead atoms. The van der Waals surface area contributed by atoms with E-state index in [0.29, 0.717) is 5.25 Å². The first-order valence-electron chi connectivity index (χ1n) is 7.49. The number of rotatable bonds is 9. The maximum absolute atomic E-state index is 11.8. The van der Waals surface area contributed by atoms with Crippen molar-refractivity contribution >= 4 is 23.4 Å². The minimum atomic E-state index is 0.256. The lowest BCUT2D eigenvalue weighted by Gasteiger charge is -2.06. The van der Waals surface area contributed by atoms with Crippen LogP contribution in [0.5, 0.6) is 0 Å². The quantitative estimate of drug-likeness (QED) is 0.687. The molecule has 1 fully saturated rings. The van der Waals surface area contributed by atoms with Gasteiger partial charge in [0.15, 0.2) is 0 Å². The Morgan fingerprint density at radius 1 is 1.30 bits per heavy atom. The van der Waals surface area contributed by atoms with Crippen LogP contribution < -0.4 is 10.6 Å². The molecule has 110 valence electrons. The third-order valence-electron chi connectivity index (χ3n) is 3.44. The summed E-state index contributed by atoms with van der Waals surface area (Å²) in [7, 11) is 0. The van der Waals surface area contributed by atoms with E-state index in [0.717, 1.165) is 43.8 Å². The first kappa shape index (κ1) is 15.2. The molecule has 2 rings (SSSR count). The zero-order chi connectivity index (χ0) is 14.2. The fraction of sp³-hybridized carbons (Fsp3) is 0.562. The average molecular weight is 292 g/mol. The molecule has 3 nitrogen and oxygen atoms in total. The highest BCUT2D eigenvalue weighted by atomic mass is 32.2. The van der Waals surface area contributed by atoms with Gasteiger partial charge in [0.2, 0.25) is 5.91 Å². The van der Waals surface area contributed by atoms with E-state index in [4.69, 9.17) is 0 Å².